The number of carbonyl (C=O) groups excluding carboxylic acids is 1. The number of thiophene rings is 1. The van der Waals surface area contributed by atoms with E-state index in [4.69, 9.17) is 8.92 Å². The minimum absolute atomic E-state index is 0.146. The van der Waals surface area contributed by atoms with Gasteiger partial charge in [-0.25, -0.2) is 4.79 Å². The third-order valence-electron chi connectivity index (χ3n) is 3.08. The summed E-state index contributed by atoms with van der Waals surface area (Å²) in [6, 6.07) is 7.84. The maximum atomic E-state index is 12.1. The molecular weight excluding hydrogens is 326 g/mol. The molecule has 2 heterocycles. The quantitative estimate of drug-likeness (QED) is 0.869. The van der Waals surface area contributed by atoms with Gasteiger partial charge < -0.3 is 8.92 Å². The van der Waals surface area contributed by atoms with Crippen molar-refractivity contribution in [2.75, 3.05) is 5.32 Å². The van der Waals surface area contributed by atoms with Crippen molar-refractivity contribution in [2.24, 2.45) is 0 Å². The molecule has 0 fully saturated rings. The lowest BCUT2D eigenvalue weighted by molar-refractivity contribution is 0.123. The van der Waals surface area contributed by atoms with Gasteiger partial charge in [0.25, 0.3) is 0 Å². The van der Waals surface area contributed by atoms with Crippen LogP contribution < -0.4 is 9.50 Å². The highest BCUT2D eigenvalue weighted by molar-refractivity contribution is 7.89. The van der Waals surface area contributed by atoms with Crippen LogP contribution in [0.25, 0.3) is 0 Å². The molecule has 0 bridgehead atoms. The number of hydrogen-bond acceptors (Lipinski definition) is 6. The number of anilines is 1. The lowest BCUT2D eigenvalue weighted by Crippen LogP contribution is -2.17. The highest BCUT2D eigenvalue weighted by atomic mass is 32.3. The number of amides is 1. The van der Waals surface area contributed by atoms with Gasteiger partial charge in [0, 0.05) is 12.1 Å². The molecule has 2 aromatic rings. The Labute approximate surface area is 131 Å². The van der Waals surface area contributed by atoms with Crippen LogP contribution >= 0.6 is 11.3 Å². The second-order valence-corrected chi connectivity index (χ2v) is 7.55. The Balaban J connectivity index is 1.89. The summed E-state index contributed by atoms with van der Waals surface area (Å²) in [7, 11) is -3.83. The van der Waals surface area contributed by atoms with E-state index in [-0.39, 0.29) is 16.1 Å². The normalized spacial score (nSPS) is 17.9. The summed E-state index contributed by atoms with van der Waals surface area (Å²) in [5.41, 5.74) is 1.35. The van der Waals surface area contributed by atoms with Crippen LogP contribution in [0.5, 0.6) is 5.75 Å². The summed E-state index contributed by atoms with van der Waals surface area (Å²) in [4.78, 5) is 11.5. The van der Waals surface area contributed by atoms with E-state index in [0.717, 1.165) is 16.9 Å². The van der Waals surface area contributed by atoms with Crippen molar-refractivity contribution in [3.05, 3.63) is 41.3 Å². The summed E-state index contributed by atoms with van der Waals surface area (Å²) < 4.78 is 34.6. The Morgan fingerprint density at radius 2 is 2.18 bits per heavy atom. The summed E-state index contributed by atoms with van der Waals surface area (Å²) in [5.74, 6) is 0.204. The van der Waals surface area contributed by atoms with Crippen LogP contribution in [0, 0.1) is 0 Å². The second-order valence-electron chi connectivity index (χ2n) is 4.83. The molecule has 1 atom stereocenters. The standard InChI is InChI=1S/C14H13NO5S2/c1-9-7-10-8-11(4-5-12(10)15-14(16)19-9)20-22(17,18)13-3-2-6-21-13/h2-6,8-9H,7H2,1H3,(H,15,16). The zero-order valence-electron chi connectivity index (χ0n) is 11.6. The van der Waals surface area contributed by atoms with Crippen molar-refractivity contribution in [1.82, 2.24) is 0 Å². The van der Waals surface area contributed by atoms with Gasteiger partial charge in [0.05, 0.1) is 0 Å². The number of hydrogen-bond donors (Lipinski definition) is 1. The summed E-state index contributed by atoms with van der Waals surface area (Å²) in [6.07, 6.45) is -0.346. The number of benzene rings is 1. The molecule has 3 rings (SSSR count). The zero-order chi connectivity index (χ0) is 15.7. The highest BCUT2D eigenvalue weighted by Crippen LogP contribution is 2.29. The molecule has 1 aliphatic heterocycles. The van der Waals surface area contributed by atoms with Crippen molar-refractivity contribution in [2.45, 2.75) is 23.7 Å². The topological polar surface area (TPSA) is 81.7 Å². The van der Waals surface area contributed by atoms with Crippen molar-refractivity contribution in [1.29, 1.82) is 0 Å². The highest BCUT2D eigenvalue weighted by Gasteiger charge is 2.22. The Morgan fingerprint density at radius 1 is 1.36 bits per heavy atom. The predicted molar refractivity (Wildman–Crippen MR) is 81.8 cm³/mol. The fourth-order valence-electron chi connectivity index (χ4n) is 2.16. The van der Waals surface area contributed by atoms with E-state index in [1.54, 1.807) is 30.5 Å². The van der Waals surface area contributed by atoms with Gasteiger partial charge in [0.2, 0.25) is 0 Å². The monoisotopic (exact) mass is 339 g/mol. The van der Waals surface area contributed by atoms with Crippen LogP contribution in [0.15, 0.2) is 39.9 Å². The predicted octanol–water partition coefficient (Wildman–Crippen LogP) is 3.01. The third kappa shape index (κ3) is 3.07. The fraction of sp³-hybridized carbons (Fsp3) is 0.214. The van der Waals surface area contributed by atoms with Crippen LogP contribution in [0.1, 0.15) is 12.5 Å². The molecule has 1 unspecified atom stereocenters. The lowest BCUT2D eigenvalue weighted by Gasteiger charge is -2.10. The smallest absolute Gasteiger partial charge is 0.411 e. The summed E-state index contributed by atoms with van der Waals surface area (Å²) in [5, 5.41) is 4.27. The Hall–Kier alpha value is -2.06. The maximum absolute atomic E-state index is 12.1. The Kier molecular flexibility index (Phi) is 3.79. The molecule has 8 heteroatoms. The molecule has 6 nitrogen and oxygen atoms in total. The van der Waals surface area contributed by atoms with Crippen molar-refractivity contribution < 1.29 is 22.1 Å². The lowest BCUT2D eigenvalue weighted by atomic mass is 10.1. The van der Waals surface area contributed by atoms with Crippen LogP contribution in [0.2, 0.25) is 0 Å². The molecule has 0 aliphatic carbocycles. The zero-order valence-corrected chi connectivity index (χ0v) is 13.2. The van der Waals surface area contributed by atoms with Gasteiger partial charge in [-0.15, -0.1) is 11.3 Å². The van der Waals surface area contributed by atoms with E-state index in [2.05, 4.69) is 5.32 Å². The van der Waals surface area contributed by atoms with E-state index in [0.29, 0.717) is 12.1 Å². The van der Waals surface area contributed by atoms with E-state index >= 15 is 0 Å². The summed E-state index contributed by atoms with van der Waals surface area (Å²) in [6.45, 7) is 1.77. The fourth-order valence-corrected chi connectivity index (χ4v) is 4.03. The number of fused-ring (bicyclic) bond motifs is 1. The van der Waals surface area contributed by atoms with Crippen LogP contribution in [-0.4, -0.2) is 20.6 Å². The SMILES string of the molecule is CC1Cc2cc(OS(=O)(=O)c3cccs3)ccc2NC(=O)O1. The average Bonchev–Trinajstić information content (AvgIpc) is 2.91. The number of rotatable bonds is 3. The van der Waals surface area contributed by atoms with Gasteiger partial charge >= 0.3 is 16.2 Å². The van der Waals surface area contributed by atoms with Gasteiger partial charge in [-0.1, -0.05) is 6.07 Å². The molecule has 116 valence electrons. The van der Waals surface area contributed by atoms with Crippen LogP contribution in [-0.2, 0) is 21.3 Å². The van der Waals surface area contributed by atoms with Crippen molar-refractivity contribution >= 4 is 33.2 Å². The molecule has 1 amide bonds. The summed E-state index contributed by atoms with van der Waals surface area (Å²) >= 11 is 1.09. The first kappa shape index (κ1) is 14.9. The number of carbonyl (C=O) groups is 1. The first-order valence-electron chi connectivity index (χ1n) is 6.52. The first-order chi connectivity index (χ1) is 10.4. The van der Waals surface area contributed by atoms with Crippen molar-refractivity contribution in [3.63, 3.8) is 0 Å². The van der Waals surface area contributed by atoms with E-state index in [1.807, 2.05) is 0 Å². The Morgan fingerprint density at radius 3 is 2.91 bits per heavy atom. The average molecular weight is 339 g/mol. The Bertz CT molecular complexity index is 799. The molecule has 1 aromatic carbocycles. The minimum Gasteiger partial charge on any atom is -0.446 e. The molecule has 0 radical (unpaired) electrons. The molecule has 22 heavy (non-hydrogen) atoms. The first-order valence-corrected chi connectivity index (χ1v) is 8.81. The molecule has 1 aliphatic rings. The number of ether oxygens (including phenoxy) is 1. The van der Waals surface area contributed by atoms with Gasteiger partial charge in [0.15, 0.2) is 4.21 Å². The van der Waals surface area contributed by atoms with Gasteiger partial charge in [0.1, 0.15) is 11.9 Å². The minimum atomic E-state index is -3.83. The molecule has 0 spiro atoms. The number of cyclic esters (lactones) is 1. The molecule has 0 saturated carbocycles. The molecular formula is C14H13NO5S2. The van der Waals surface area contributed by atoms with Gasteiger partial charge in [-0.3, -0.25) is 5.32 Å². The van der Waals surface area contributed by atoms with Crippen LogP contribution in [0.4, 0.5) is 10.5 Å². The van der Waals surface area contributed by atoms with Crippen LogP contribution in [0.3, 0.4) is 0 Å². The molecule has 0 saturated heterocycles. The van der Waals surface area contributed by atoms with Crippen molar-refractivity contribution in [3.8, 4) is 5.75 Å². The number of nitrogens with one attached hydrogen (secondary N) is 1. The molecule has 1 N–H and O–H groups in total. The maximum Gasteiger partial charge on any atom is 0.411 e. The van der Waals surface area contributed by atoms with E-state index < -0.39 is 16.2 Å². The second kappa shape index (κ2) is 5.62. The van der Waals surface area contributed by atoms with E-state index in [9.17, 15) is 13.2 Å². The largest absolute Gasteiger partial charge is 0.446 e. The van der Waals surface area contributed by atoms with Gasteiger partial charge in [-0.2, -0.15) is 8.42 Å². The van der Waals surface area contributed by atoms with Gasteiger partial charge in [-0.05, 0) is 42.1 Å². The molecule has 1 aromatic heterocycles. The third-order valence-corrected chi connectivity index (χ3v) is 5.68. The van der Waals surface area contributed by atoms with E-state index in [1.165, 1.54) is 12.1 Å².